The molecule has 0 spiro atoms. The number of thioether (sulfide) groups is 1. The van der Waals surface area contributed by atoms with Crippen molar-refractivity contribution in [2.45, 2.75) is 4.90 Å². The second kappa shape index (κ2) is 7.18. The van der Waals surface area contributed by atoms with Gasteiger partial charge in [0.25, 0.3) is 5.56 Å². The van der Waals surface area contributed by atoms with Crippen LogP contribution in [-0.4, -0.2) is 34.2 Å². The molecule has 0 fully saturated rings. The van der Waals surface area contributed by atoms with Crippen molar-refractivity contribution in [3.63, 3.8) is 0 Å². The second-order valence-corrected chi connectivity index (χ2v) is 5.63. The number of nitrogens with two attached hydrogens (primary N) is 1. The van der Waals surface area contributed by atoms with E-state index < -0.39 is 35.2 Å². The van der Waals surface area contributed by atoms with Crippen LogP contribution in [0.3, 0.4) is 0 Å². The normalized spacial score (nSPS) is 10.4. The lowest BCUT2D eigenvalue weighted by Crippen LogP contribution is -2.35. The maximum absolute atomic E-state index is 12.1. The first-order valence-electron chi connectivity index (χ1n) is 6.79. The van der Waals surface area contributed by atoms with Gasteiger partial charge in [0.1, 0.15) is 11.4 Å². The Balaban J connectivity index is 2.20. The summed E-state index contributed by atoms with van der Waals surface area (Å²) in [5.74, 6) is -1.76. The number of carbonyl (C=O) groups excluding carboxylic acids is 2. The first kappa shape index (κ1) is 17.5. The zero-order chi connectivity index (χ0) is 17.9. The number of aromatic nitrogens is 2. The number of nitrogens with zero attached hydrogens (tertiary/aromatic N) is 1. The van der Waals surface area contributed by atoms with E-state index in [0.29, 0.717) is 10.5 Å². The Labute approximate surface area is 140 Å². The number of nitrogen functional groups attached to an aromatic ring is 1. The van der Waals surface area contributed by atoms with E-state index in [1.165, 1.54) is 18.8 Å². The summed E-state index contributed by atoms with van der Waals surface area (Å²) in [5, 5.41) is 0. The Bertz CT molecular complexity index is 916. The quantitative estimate of drug-likeness (QED) is 0.455. The number of H-pyrrole nitrogens is 1. The zero-order valence-electron chi connectivity index (χ0n) is 13.0. The highest BCUT2D eigenvalue weighted by Crippen LogP contribution is 2.20. The van der Waals surface area contributed by atoms with Gasteiger partial charge in [0.2, 0.25) is 5.78 Å². The van der Waals surface area contributed by atoms with Crippen molar-refractivity contribution < 1.29 is 14.3 Å². The van der Waals surface area contributed by atoms with Crippen LogP contribution in [0.5, 0.6) is 0 Å². The molecule has 1 aromatic heterocycles. The lowest BCUT2D eigenvalue weighted by Gasteiger charge is -2.09. The lowest BCUT2D eigenvalue weighted by atomic mass is 10.2. The summed E-state index contributed by atoms with van der Waals surface area (Å²) in [7, 11) is 1.31. The first-order chi connectivity index (χ1) is 11.4. The van der Waals surface area contributed by atoms with Gasteiger partial charge < -0.3 is 10.5 Å². The van der Waals surface area contributed by atoms with Crippen molar-refractivity contribution in [2.24, 2.45) is 7.05 Å². The van der Waals surface area contributed by atoms with Crippen molar-refractivity contribution in [2.75, 3.05) is 18.6 Å². The smallest absolute Gasteiger partial charge is 0.339 e. The highest BCUT2D eigenvalue weighted by atomic mass is 32.2. The molecule has 0 radical (unpaired) electrons. The van der Waals surface area contributed by atoms with E-state index in [4.69, 9.17) is 10.5 Å². The third-order valence-corrected chi connectivity index (χ3v) is 4.11. The number of hydrogen-bond acceptors (Lipinski definition) is 7. The predicted octanol–water partition coefficient (Wildman–Crippen LogP) is 0.417. The highest BCUT2D eigenvalue weighted by molar-refractivity contribution is 7.98. The van der Waals surface area contributed by atoms with Crippen molar-refractivity contribution in [3.05, 3.63) is 56.2 Å². The Hall–Kier alpha value is -2.81. The van der Waals surface area contributed by atoms with Crippen LogP contribution >= 0.6 is 11.8 Å². The van der Waals surface area contributed by atoms with Gasteiger partial charge >= 0.3 is 11.7 Å². The molecule has 3 N–H and O–H groups in total. The molecule has 9 heteroatoms. The molecule has 8 nitrogen and oxygen atoms in total. The molecule has 0 bridgehead atoms. The second-order valence-electron chi connectivity index (χ2n) is 4.78. The summed E-state index contributed by atoms with van der Waals surface area (Å²) in [6.45, 7) is -0.660. The number of ketones is 1. The number of anilines is 1. The van der Waals surface area contributed by atoms with Gasteiger partial charge in [-0.3, -0.25) is 19.1 Å². The molecule has 1 heterocycles. The van der Waals surface area contributed by atoms with Crippen molar-refractivity contribution in [3.8, 4) is 0 Å². The molecule has 2 rings (SSSR count). The highest BCUT2D eigenvalue weighted by Gasteiger charge is 2.20. The van der Waals surface area contributed by atoms with Gasteiger partial charge in [0, 0.05) is 11.9 Å². The predicted molar refractivity (Wildman–Crippen MR) is 89.6 cm³/mol. The number of esters is 1. The summed E-state index contributed by atoms with van der Waals surface area (Å²) in [6, 6.07) is 6.77. The third kappa shape index (κ3) is 3.40. The molecule has 0 aliphatic rings. The van der Waals surface area contributed by atoms with E-state index >= 15 is 0 Å². The fourth-order valence-corrected chi connectivity index (χ4v) is 2.59. The number of benzene rings is 1. The molecule has 126 valence electrons. The summed E-state index contributed by atoms with van der Waals surface area (Å²) in [4.78, 5) is 50.1. The van der Waals surface area contributed by atoms with E-state index in [9.17, 15) is 19.2 Å². The molecular formula is C15H15N3O5S. The van der Waals surface area contributed by atoms with E-state index in [0.717, 1.165) is 4.57 Å². The minimum Gasteiger partial charge on any atom is -0.454 e. The lowest BCUT2D eigenvalue weighted by molar-refractivity contribution is 0.0471. The number of Topliss-reactive ketones (excluding diaryl/α,β-unsaturated/α-hetero) is 1. The molecule has 24 heavy (non-hydrogen) atoms. The number of ether oxygens (including phenoxy) is 1. The van der Waals surface area contributed by atoms with Crippen LogP contribution in [0, 0.1) is 0 Å². The number of aromatic amines is 1. The monoisotopic (exact) mass is 349 g/mol. The van der Waals surface area contributed by atoms with E-state index in [1.54, 1.807) is 24.3 Å². The van der Waals surface area contributed by atoms with Gasteiger partial charge in [0.15, 0.2) is 6.61 Å². The molecule has 0 atom stereocenters. The zero-order valence-corrected chi connectivity index (χ0v) is 13.8. The van der Waals surface area contributed by atoms with Crippen molar-refractivity contribution in [1.29, 1.82) is 0 Å². The molecule has 1 aromatic carbocycles. The molecule has 0 amide bonds. The Morgan fingerprint density at radius 3 is 2.62 bits per heavy atom. The molecule has 0 aliphatic heterocycles. The van der Waals surface area contributed by atoms with E-state index in [-0.39, 0.29) is 5.82 Å². The summed E-state index contributed by atoms with van der Waals surface area (Å²) >= 11 is 1.36. The number of hydrogen-bond donors (Lipinski definition) is 2. The Morgan fingerprint density at radius 1 is 1.29 bits per heavy atom. The van der Waals surface area contributed by atoms with Crippen LogP contribution < -0.4 is 17.0 Å². The van der Waals surface area contributed by atoms with Crippen LogP contribution in [0.4, 0.5) is 5.82 Å². The van der Waals surface area contributed by atoms with Gasteiger partial charge in [-0.15, -0.1) is 11.8 Å². The van der Waals surface area contributed by atoms with Gasteiger partial charge in [-0.2, -0.15) is 0 Å². The molecule has 2 aromatic rings. The fraction of sp³-hybridized carbons (Fsp3) is 0.200. The van der Waals surface area contributed by atoms with E-state index in [1.807, 2.05) is 11.2 Å². The largest absolute Gasteiger partial charge is 0.454 e. The SMILES string of the molecule is CSc1ccccc1C(=O)OCC(=O)c1c(N)n(C)c(=O)[nH]c1=O. The summed E-state index contributed by atoms with van der Waals surface area (Å²) in [5.41, 5.74) is 3.88. The Morgan fingerprint density at radius 2 is 1.96 bits per heavy atom. The van der Waals surface area contributed by atoms with Gasteiger partial charge in [-0.05, 0) is 18.4 Å². The molecule has 0 aliphatic carbocycles. The maximum atomic E-state index is 12.1. The number of carbonyl (C=O) groups is 2. The molecule has 0 unspecified atom stereocenters. The van der Waals surface area contributed by atoms with Crippen molar-refractivity contribution in [1.82, 2.24) is 9.55 Å². The minimum absolute atomic E-state index is 0.283. The molecular weight excluding hydrogens is 334 g/mol. The minimum atomic E-state index is -0.916. The van der Waals surface area contributed by atoms with E-state index in [2.05, 4.69) is 0 Å². The molecule has 0 saturated carbocycles. The van der Waals surface area contributed by atoms with Crippen LogP contribution in [0.25, 0.3) is 0 Å². The fourth-order valence-electron chi connectivity index (χ4n) is 2.00. The van der Waals surface area contributed by atoms with Gasteiger partial charge in [0.05, 0.1) is 5.56 Å². The average molecular weight is 349 g/mol. The summed E-state index contributed by atoms with van der Waals surface area (Å²) < 4.78 is 5.90. The Kier molecular flexibility index (Phi) is 5.24. The van der Waals surface area contributed by atoms with Crippen LogP contribution in [-0.2, 0) is 11.8 Å². The molecule has 0 saturated heterocycles. The van der Waals surface area contributed by atoms with Crippen molar-refractivity contribution >= 4 is 29.3 Å². The number of rotatable bonds is 5. The van der Waals surface area contributed by atoms with Crippen LogP contribution in [0.15, 0.2) is 38.8 Å². The average Bonchev–Trinajstić information content (AvgIpc) is 2.57. The summed E-state index contributed by atoms with van der Waals surface area (Å²) in [6.07, 6.45) is 1.81. The van der Waals surface area contributed by atoms with Crippen LogP contribution in [0.2, 0.25) is 0 Å². The standard InChI is InChI=1S/C15H15N3O5S/c1-18-12(16)11(13(20)17-15(18)22)9(19)7-23-14(21)8-5-3-4-6-10(8)24-2/h3-6H,7,16H2,1-2H3,(H,17,20,22). The third-order valence-electron chi connectivity index (χ3n) is 3.31. The van der Waals surface area contributed by atoms with Gasteiger partial charge in [-0.25, -0.2) is 9.59 Å². The number of nitrogens with one attached hydrogen (secondary N) is 1. The maximum Gasteiger partial charge on any atom is 0.339 e. The topological polar surface area (TPSA) is 124 Å². The first-order valence-corrected chi connectivity index (χ1v) is 8.01. The van der Waals surface area contributed by atoms with Gasteiger partial charge in [-0.1, -0.05) is 12.1 Å². The van der Waals surface area contributed by atoms with Crippen LogP contribution in [0.1, 0.15) is 20.7 Å².